The van der Waals surface area contributed by atoms with Crippen LogP contribution in [0.15, 0.2) is 24.3 Å². The second-order valence-electron chi connectivity index (χ2n) is 5.76. The molecule has 0 saturated carbocycles. The van der Waals surface area contributed by atoms with E-state index in [0.29, 0.717) is 0 Å². The lowest BCUT2D eigenvalue weighted by Crippen LogP contribution is -2.69. The lowest BCUT2D eigenvalue weighted by atomic mass is 9.75. The van der Waals surface area contributed by atoms with Gasteiger partial charge in [-0.1, -0.05) is 37.6 Å². The predicted molar refractivity (Wildman–Crippen MR) is 71.3 cm³/mol. The molecule has 2 N–H and O–H groups in total. The lowest BCUT2D eigenvalue weighted by Gasteiger charge is -2.50. The van der Waals surface area contributed by atoms with E-state index in [4.69, 9.17) is 5.73 Å². The van der Waals surface area contributed by atoms with Crippen LogP contribution in [0, 0.1) is 0 Å². The van der Waals surface area contributed by atoms with Gasteiger partial charge in [0.25, 0.3) is 0 Å². The van der Waals surface area contributed by atoms with Gasteiger partial charge in [0.05, 0.1) is 11.5 Å². The minimum Gasteiger partial charge on any atom is -0.338 e. The third-order valence-electron chi connectivity index (χ3n) is 4.22. The molecular formula is C15H20N2O. The van der Waals surface area contributed by atoms with E-state index < -0.39 is 0 Å². The van der Waals surface area contributed by atoms with Gasteiger partial charge in [0, 0.05) is 13.1 Å². The Morgan fingerprint density at radius 3 is 2.83 bits per heavy atom. The second kappa shape index (κ2) is 4.09. The monoisotopic (exact) mass is 244 g/mol. The summed E-state index contributed by atoms with van der Waals surface area (Å²) in [5, 5.41) is 0. The number of carbonyl (C=O) groups is 1. The Bertz CT molecular complexity index is 477. The molecule has 3 heteroatoms. The number of nitrogens with zero attached hydrogens (tertiary/aromatic N) is 1. The van der Waals surface area contributed by atoms with E-state index in [9.17, 15) is 4.79 Å². The highest BCUT2D eigenvalue weighted by molar-refractivity contribution is 5.87. The Morgan fingerprint density at radius 2 is 2.17 bits per heavy atom. The number of fused-ring (bicyclic) bond motifs is 1. The number of hydrogen-bond acceptors (Lipinski definition) is 2. The molecule has 0 aromatic heterocycles. The first kappa shape index (κ1) is 11.7. The largest absolute Gasteiger partial charge is 0.338 e. The molecule has 1 fully saturated rings. The van der Waals surface area contributed by atoms with Crippen LogP contribution < -0.4 is 5.73 Å². The SMILES string of the molecule is CCCC1(N)CN(C(=O)C2Cc3ccccc32)C1. The van der Waals surface area contributed by atoms with Crippen LogP contribution in [0.25, 0.3) is 0 Å². The van der Waals surface area contributed by atoms with Gasteiger partial charge in [-0.05, 0) is 24.0 Å². The fourth-order valence-electron chi connectivity index (χ4n) is 3.23. The van der Waals surface area contributed by atoms with Crippen LogP contribution in [0.1, 0.15) is 36.8 Å². The zero-order valence-electron chi connectivity index (χ0n) is 10.9. The number of nitrogens with two attached hydrogens (primary N) is 1. The molecule has 1 aliphatic carbocycles. The van der Waals surface area contributed by atoms with Crippen LogP contribution in [0.3, 0.4) is 0 Å². The molecule has 2 aliphatic rings. The average molecular weight is 244 g/mol. The summed E-state index contributed by atoms with van der Waals surface area (Å²) >= 11 is 0. The Balaban J connectivity index is 1.63. The standard InChI is InChI=1S/C15H20N2O/c1-2-7-15(16)9-17(10-15)14(18)13-8-11-5-3-4-6-12(11)13/h3-6,13H,2,7-10,16H2,1H3. The minimum absolute atomic E-state index is 0.0902. The highest BCUT2D eigenvalue weighted by atomic mass is 16.2. The Morgan fingerprint density at radius 1 is 1.44 bits per heavy atom. The maximum absolute atomic E-state index is 12.3. The molecule has 1 atom stereocenters. The van der Waals surface area contributed by atoms with Crippen LogP contribution in [-0.2, 0) is 11.2 Å². The van der Waals surface area contributed by atoms with E-state index in [1.165, 1.54) is 11.1 Å². The van der Waals surface area contributed by atoms with Gasteiger partial charge in [0.1, 0.15) is 0 Å². The van der Waals surface area contributed by atoms with Gasteiger partial charge in [-0.25, -0.2) is 0 Å². The zero-order chi connectivity index (χ0) is 12.8. The summed E-state index contributed by atoms with van der Waals surface area (Å²) < 4.78 is 0. The zero-order valence-corrected chi connectivity index (χ0v) is 10.9. The number of benzene rings is 1. The Hall–Kier alpha value is -1.35. The van der Waals surface area contributed by atoms with Gasteiger partial charge in [-0.15, -0.1) is 0 Å². The fourth-order valence-corrected chi connectivity index (χ4v) is 3.23. The smallest absolute Gasteiger partial charge is 0.230 e. The van der Waals surface area contributed by atoms with Gasteiger partial charge in [0.15, 0.2) is 0 Å². The van der Waals surface area contributed by atoms with E-state index in [-0.39, 0.29) is 17.4 Å². The molecule has 0 radical (unpaired) electrons. The molecule has 1 amide bonds. The topological polar surface area (TPSA) is 46.3 Å². The van der Waals surface area contributed by atoms with E-state index in [0.717, 1.165) is 32.4 Å². The first-order valence-electron chi connectivity index (χ1n) is 6.78. The second-order valence-corrected chi connectivity index (χ2v) is 5.76. The van der Waals surface area contributed by atoms with Gasteiger partial charge in [0.2, 0.25) is 5.91 Å². The van der Waals surface area contributed by atoms with Crippen molar-refractivity contribution in [2.45, 2.75) is 37.6 Å². The molecule has 0 spiro atoms. The maximum Gasteiger partial charge on any atom is 0.230 e. The predicted octanol–water partition coefficient (Wildman–Crippen LogP) is 1.67. The lowest BCUT2D eigenvalue weighted by molar-refractivity contribution is -0.141. The van der Waals surface area contributed by atoms with E-state index >= 15 is 0 Å². The molecule has 3 rings (SSSR count). The van der Waals surface area contributed by atoms with Crippen molar-refractivity contribution in [3.8, 4) is 0 Å². The van der Waals surface area contributed by atoms with Crippen molar-refractivity contribution >= 4 is 5.91 Å². The van der Waals surface area contributed by atoms with Crippen molar-refractivity contribution in [1.29, 1.82) is 0 Å². The van der Waals surface area contributed by atoms with Gasteiger partial charge in [-0.3, -0.25) is 4.79 Å². The molecule has 0 bridgehead atoms. The van der Waals surface area contributed by atoms with Crippen molar-refractivity contribution in [3.05, 3.63) is 35.4 Å². The molecule has 1 aromatic carbocycles. The minimum atomic E-state index is -0.117. The summed E-state index contributed by atoms with van der Waals surface area (Å²) in [5.74, 6) is 0.359. The molecule has 3 nitrogen and oxygen atoms in total. The maximum atomic E-state index is 12.3. The third kappa shape index (κ3) is 1.74. The molecule has 1 unspecified atom stereocenters. The van der Waals surface area contributed by atoms with Crippen molar-refractivity contribution in [2.75, 3.05) is 13.1 Å². The van der Waals surface area contributed by atoms with Crippen LogP contribution in [-0.4, -0.2) is 29.4 Å². The molecule has 96 valence electrons. The van der Waals surface area contributed by atoms with Crippen LogP contribution in [0.2, 0.25) is 0 Å². The summed E-state index contributed by atoms with van der Waals surface area (Å²) in [6, 6.07) is 8.23. The van der Waals surface area contributed by atoms with Crippen molar-refractivity contribution in [2.24, 2.45) is 5.73 Å². The summed E-state index contributed by atoms with van der Waals surface area (Å²) in [6.07, 6.45) is 3.00. The molecule has 18 heavy (non-hydrogen) atoms. The molecule has 1 saturated heterocycles. The summed E-state index contributed by atoms with van der Waals surface area (Å²) in [7, 11) is 0. The highest BCUT2D eigenvalue weighted by Crippen LogP contribution is 2.38. The van der Waals surface area contributed by atoms with Crippen molar-refractivity contribution in [3.63, 3.8) is 0 Å². The average Bonchev–Trinajstić information content (AvgIpc) is 2.27. The van der Waals surface area contributed by atoms with Crippen molar-refractivity contribution < 1.29 is 4.79 Å². The van der Waals surface area contributed by atoms with E-state index in [1.807, 2.05) is 17.0 Å². The first-order chi connectivity index (χ1) is 8.63. The molecule has 1 aromatic rings. The number of amides is 1. The summed E-state index contributed by atoms with van der Waals surface area (Å²) in [4.78, 5) is 14.3. The van der Waals surface area contributed by atoms with E-state index in [1.54, 1.807) is 0 Å². The van der Waals surface area contributed by atoms with Crippen LogP contribution >= 0.6 is 0 Å². The van der Waals surface area contributed by atoms with Gasteiger partial charge < -0.3 is 10.6 Å². The van der Waals surface area contributed by atoms with Crippen LogP contribution in [0.4, 0.5) is 0 Å². The van der Waals surface area contributed by atoms with Crippen LogP contribution in [0.5, 0.6) is 0 Å². The quantitative estimate of drug-likeness (QED) is 0.879. The summed E-state index contributed by atoms with van der Waals surface area (Å²) in [6.45, 7) is 3.61. The van der Waals surface area contributed by atoms with Crippen molar-refractivity contribution in [1.82, 2.24) is 4.90 Å². The number of carbonyl (C=O) groups excluding carboxylic acids is 1. The third-order valence-corrected chi connectivity index (χ3v) is 4.22. The molecule has 1 aliphatic heterocycles. The summed E-state index contributed by atoms with van der Waals surface area (Å²) in [5.41, 5.74) is 8.62. The number of hydrogen-bond donors (Lipinski definition) is 1. The van der Waals surface area contributed by atoms with Gasteiger partial charge >= 0.3 is 0 Å². The molecular weight excluding hydrogens is 224 g/mol. The Labute approximate surface area is 108 Å². The number of rotatable bonds is 3. The molecule has 1 heterocycles. The normalized spacial score (nSPS) is 23.9. The fraction of sp³-hybridized carbons (Fsp3) is 0.533. The van der Waals surface area contributed by atoms with Gasteiger partial charge in [-0.2, -0.15) is 0 Å². The first-order valence-corrected chi connectivity index (χ1v) is 6.78. The Kier molecular flexibility index (Phi) is 2.67. The highest BCUT2D eigenvalue weighted by Gasteiger charge is 2.45. The number of likely N-dealkylation sites (tertiary alicyclic amines) is 1. The van der Waals surface area contributed by atoms with E-state index in [2.05, 4.69) is 19.1 Å².